The van der Waals surface area contributed by atoms with Gasteiger partial charge in [-0.05, 0) is 43.0 Å². The monoisotopic (exact) mass is 408 g/mol. The number of benzene rings is 2. The van der Waals surface area contributed by atoms with Gasteiger partial charge in [0, 0.05) is 18.8 Å². The van der Waals surface area contributed by atoms with Crippen molar-refractivity contribution < 1.29 is 4.79 Å². The third-order valence-corrected chi connectivity index (χ3v) is 6.15. The van der Waals surface area contributed by atoms with E-state index in [1.165, 1.54) is 31.0 Å². The second-order valence-electron chi connectivity index (χ2n) is 7.28. The summed E-state index contributed by atoms with van der Waals surface area (Å²) in [6, 6.07) is 15.7. The van der Waals surface area contributed by atoms with E-state index in [-0.39, 0.29) is 11.3 Å². The number of rotatable bonds is 6. The number of nitrogens with two attached hydrogens (primary N) is 1. The summed E-state index contributed by atoms with van der Waals surface area (Å²) in [5, 5.41) is 1.11. The van der Waals surface area contributed by atoms with E-state index < -0.39 is 5.91 Å². The molecule has 1 fully saturated rings. The predicted molar refractivity (Wildman–Crippen MR) is 118 cm³/mol. The average molecular weight is 409 g/mol. The van der Waals surface area contributed by atoms with E-state index in [0.717, 1.165) is 24.3 Å². The van der Waals surface area contributed by atoms with Gasteiger partial charge in [-0.15, -0.1) is 0 Å². The van der Waals surface area contributed by atoms with Crippen LogP contribution in [0, 0.1) is 0 Å². The van der Waals surface area contributed by atoms with Gasteiger partial charge in [-0.1, -0.05) is 42.1 Å². The van der Waals surface area contributed by atoms with Crippen LogP contribution in [0.2, 0.25) is 0 Å². The largest absolute Gasteiger partial charge is 0.372 e. The molecular weight excluding hydrogens is 384 g/mol. The van der Waals surface area contributed by atoms with Crippen LogP contribution in [0.3, 0.4) is 0 Å². The van der Waals surface area contributed by atoms with E-state index in [4.69, 9.17) is 10.7 Å². The van der Waals surface area contributed by atoms with E-state index in [9.17, 15) is 9.59 Å². The van der Waals surface area contributed by atoms with Gasteiger partial charge in [0.1, 0.15) is 0 Å². The third kappa shape index (κ3) is 4.45. The van der Waals surface area contributed by atoms with E-state index in [1.807, 2.05) is 48.5 Å². The second-order valence-corrected chi connectivity index (χ2v) is 8.22. The maximum atomic E-state index is 13.4. The van der Waals surface area contributed by atoms with Gasteiger partial charge in [-0.2, -0.15) is 0 Å². The fourth-order valence-corrected chi connectivity index (χ4v) is 4.43. The standard InChI is InChI=1S/C22H24N4O2S/c23-20(27)15-29-22-24-19-10-9-17(25-11-5-2-6-12-25)13-18(19)21(28)26(22)14-16-7-3-1-4-8-16/h1,3-4,7-10,13H,2,5-6,11-12,14-15H2,(H2,23,27). The first-order chi connectivity index (χ1) is 14.1. The molecule has 150 valence electrons. The summed E-state index contributed by atoms with van der Waals surface area (Å²) in [6.07, 6.45) is 3.62. The Morgan fingerprint density at radius 1 is 1.07 bits per heavy atom. The van der Waals surface area contributed by atoms with Crippen molar-refractivity contribution >= 4 is 34.3 Å². The van der Waals surface area contributed by atoms with Crippen molar-refractivity contribution in [3.8, 4) is 0 Å². The minimum Gasteiger partial charge on any atom is -0.372 e. The molecule has 6 nitrogen and oxygen atoms in total. The van der Waals surface area contributed by atoms with Crippen molar-refractivity contribution in [2.24, 2.45) is 5.73 Å². The van der Waals surface area contributed by atoms with Crippen LogP contribution in [-0.4, -0.2) is 34.3 Å². The zero-order valence-corrected chi connectivity index (χ0v) is 17.0. The number of piperidine rings is 1. The molecule has 1 amide bonds. The minimum absolute atomic E-state index is 0.0819. The molecule has 0 unspecified atom stereocenters. The molecule has 3 aromatic rings. The van der Waals surface area contributed by atoms with Crippen molar-refractivity contribution in [2.45, 2.75) is 31.0 Å². The summed E-state index contributed by atoms with van der Waals surface area (Å²) in [7, 11) is 0. The number of aromatic nitrogens is 2. The number of hydrogen-bond donors (Lipinski definition) is 1. The van der Waals surface area contributed by atoms with Crippen molar-refractivity contribution in [3.05, 3.63) is 64.4 Å². The number of hydrogen-bond acceptors (Lipinski definition) is 5. The van der Waals surface area contributed by atoms with Gasteiger partial charge >= 0.3 is 0 Å². The molecule has 0 spiro atoms. The molecule has 2 N–H and O–H groups in total. The molecule has 2 heterocycles. The van der Waals surface area contributed by atoms with Crippen LogP contribution in [0.25, 0.3) is 10.9 Å². The van der Waals surface area contributed by atoms with Crippen LogP contribution in [0.4, 0.5) is 5.69 Å². The van der Waals surface area contributed by atoms with Crippen molar-refractivity contribution in [3.63, 3.8) is 0 Å². The van der Waals surface area contributed by atoms with Gasteiger partial charge in [0.25, 0.3) is 5.56 Å². The summed E-state index contributed by atoms with van der Waals surface area (Å²) >= 11 is 1.20. The first-order valence-electron chi connectivity index (χ1n) is 9.86. The highest BCUT2D eigenvalue weighted by molar-refractivity contribution is 7.99. The molecule has 2 aromatic carbocycles. The Balaban J connectivity index is 1.79. The molecule has 0 atom stereocenters. The molecule has 4 rings (SSSR count). The average Bonchev–Trinajstić information content (AvgIpc) is 2.75. The molecule has 7 heteroatoms. The minimum atomic E-state index is -0.434. The number of anilines is 1. The number of primary amides is 1. The Morgan fingerprint density at radius 3 is 2.55 bits per heavy atom. The lowest BCUT2D eigenvalue weighted by Gasteiger charge is -2.29. The van der Waals surface area contributed by atoms with Crippen molar-refractivity contribution in [1.29, 1.82) is 0 Å². The summed E-state index contributed by atoms with van der Waals surface area (Å²) in [6.45, 7) is 2.44. The van der Waals surface area contributed by atoms with Crippen molar-refractivity contribution in [1.82, 2.24) is 9.55 Å². The van der Waals surface area contributed by atoms with Crippen molar-refractivity contribution in [2.75, 3.05) is 23.7 Å². The molecule has 1 aliphatic rings. The van der Waals surface area contributed by atoms with E-state index in [1.54, 1.807) is 4.57 Å². The maximum Gasteiger partial charge on any atom is 0.262 e. The van der Waals surface area contributed by atoms with E-state index >= 15 is 0 Å². The number of fused-ring (bicyclic) bond motifs is 1. The fourth-order valence-electron chi connectivity index (χ4n) is 3.69. The van der Waals surface area contributed by atoms with E-state index in [2.05, 4.69) is 4.90 Å². The molecular formula is C22H24N4O2S. The van der Waals surface area contributed by atoms with Gasteiger partial charge in [0.05, 0.1) is 23.2 Å². The molecule has 0 bridgehead atoms. The van der Waals surface area contributed by atoms with Gasteiger partial charge in [0.15, 0.2) is 5.16 Å². The van der Waals surface area contributed by atoms with Crippen LogP contribution in [0.1, 0.15) is 24.8 Å². The Kier molecular flexibility index (Phi) is 5.85. The Morgan fingerprint density at radius 2 is 1.83 bits per heavy atom. The van der Waals surface area contributed by atoms with Crippen LogP contribution >= 0.6 is 11.8 Å². The number of nitrogens with zero attached hydrogens (tertiary/aromatic N) is 3. The first kappa shape index (κ1) is 19.5. The number of thioether (sulfide) groups is 1. The predicted octanol–water partition coefficient (Wildman–Crippen LogP) is 3.01. The highest BCUT2D eigenvalue weighted by atomic mass is 32.2. The normalized spacial score (nSPS) is 14.3. The smallest absolute Gasteiger partial charge is 0.262 e. The van der Waals surface area contributed by atoms with Crippen LogP contribution in [0.5, 0.6) is 0 Å². The number of amides is 1. The maximum absolute atomic E-state index is 13.4. The van der Waals surface area contributed by atoms with E-state index in [0.29, 0.717) is 22.6 Å². The summed E-state index contributed by atoms with van der Waals surface area (Å²) in [5.41, 5.74) is 7.94. The topological polar surface area (TPSA) is 81.2 Å². The number of carbonyl (C=O) groups is 1. The first-order valence-corrected chi connectivity index (χ1v) is 10.8. The summed E-state index contributed by atoms with van der Waals surface area (Å²) in [5.74, 6) is -0.352. The van der Waals surface area contributed by atoms with Gasteiger partial charge in [0.2, 0.25) is 5.91 Å². The highest BCUT2D eigenvalue weighted by Gasteiger charge is 2.16. The Labute approximate surface area is 173 Å². The molecule has 1 aliphatic heterocycles. The molecule has 1 aromatic heterocycles. The zero-order chi connectivity index (χ0) is 20.2. The Hall–Kier alpha value is -2.80. The summed E-state index contributed by atoms with van der Waals surface area (Å²) < 4.78 is 1.64. The highest BCUT2D eigenvalue weighted by Crippen LogP contribution is 2.25. The van der Waals surface area contributed by atoms with Gasteiger partial charge < -0.3 is 10.6 Å². The zero-order valence-electron chi connectivity index (χ0n) is 16.2. The third-order valence-electron chi connectivity index (χ3n) is 5.15. The van der Waals surface area contributed by atoms with Crippen LogP contribution in [-0.2, 0) is 11.3 Å². The lowest BCUT2D eigenvalue weighted by Crippen LogP contribution is -2.30. The lowest BCUT2D eigenvalue weighted by atomic mass is 10.1. The fraction of sp³-hybridized carbons (Fsp3) is 0.318. The molecule has 0 radical (unpaired) electrons. The molecule has 29 heavy (non-hydrogen) atoms. The van der Waals surface area contributed by atoms with Gasteiger partial charge in [-0.3, -0.25) is 14.2 Å². The van der Waals surface area contributed by atoms with Crippen LogP contribution < -0.4 is 16.2 Å². The summed E-state index contributed by atoms with van der Waals surface area (Å²) in [4.78, 5) is 31.7. The molecule has 0 saturated carbocycles. The SMILES string of the molecule is NC(=O)CSc1nc2ccc(N3CCCCC3)cc2c(=O)n1Cc1ccccc1. The molecule has 1 saturated heterocycles. The lowest BCUT2D eigenvalue weighted by molar-refractivity contribution is -0.115. The molecule has 0 aliphatic carbocycles. The second kappa shape index (κ2) is 8.69. The van der Waals surface area contributed by atoms with Gasteiger partial charge in [-0.25, -0.2) is 4.98 Å². The Bertz CT molecular complexity index is 1080. The van der Waals surface area contributed by atoms with Crippen LogP contribution in [0.15, 0.2) is 58.5 Å². The number of carbonyl (C=O) groups excluding carboxylic acids is 1. The quantitative estimate of drug-likeness (QED) is 0.501.